The van der Waals surface area contributed by atoms with Gasteiger partial charge in [-0.2, -0.15) is 5.10 Å². The zero-order valence-electron chi connectivity index (χ0n) is 15.1. The van der Waals surface area contributed by atoms with Gasteiger partial charge in [-0.25, -0.2) is 4.68 Å². The van der Waals surface area contributed by atoms with E-state index in [4.69, 9.17) is 0 Å². The Bertz CT molecular complexity index is 931. The second kappa shape index (κ2) is 7.35. The molecule has 0 aliphatic rings. The van der Waals surface area contributed by atoms with Crippen molar-refractivity contribution < 1.29 is 9.59 Å². The maximum absolute atomic E-state index is 12.7. The van der Waals surface area contributed by atoms with Crippen LogP contribution in [-0.2, 0) is 4.79 Å². The molecule has 0 aliphatic carbocycles. The number of aryl methyl sites for hydroxylation is 1. The number of ketones is 1. The summed E-state index contributed by atoms with van der Waals surface area (Å²) in [6, 6.07) is 18.8. The van der Waals surface area contributed by atoms with E-state index in [9.17, 15) is 9.59 Å². The Morgan fingerprint density at radius 3 is 2.15 bits per heavy atom. The van der Waals surface area contributed by atoms with Crippen LogP contribution in [0.2, 0.25) is 0 Å². The average Bonchev–Trinajstić information content (AvgIpc) is 2.96. The minimum atomic E-state index is -0.625. The first-order valence-electron chi connectivity index (χ1n) is 8.51. The van der Waals surface area contributed by atoms with Crippen LogP contribution in [0.1, 0.15) is 40.3 Å². The van der Waals surface area contributed by atoms with Gasteiger partial charge in [0.05, 0.1) is 28.7 Å². The minimum Gasteiger partial charge on any atom is -0.343 e. The molecule has 5 heteroatoms. The van der Waals surface area contributed by atoms with Gasteiger partial charge < -0.3 is 5.32 Å². The molecule has 0 radical (unpaired) electrons. The third kappa shape index (κ3) is 3.42. The summed E-state index contributed by atoms with van der Waals surface area (Å²) >= 11 is 0. The molecular formula is C21H21N3O2. The predicted molar refractivity (Wildman–Crippen MR) is 100 cm³/mol. The number of carbonyl (C=O) groups excluding carboxylic acids is 2. The number of hydrogen-bond acceptors (Lipinski definition) is 3. The van der Waals surface area contributed by atoms with Gasteiger partial charge >= 0.3 is 0 Å². The standard InChI is InChI=1S/C21H21N3O2/c1-14(17-10-6-4-7-11-17)22-21(26)20(25)19-15(2)23-24(16(19)3)18-12-8-5-9-13-18/h4-14H,1-3H3,(H,22,26)/t14-/m1/s1. The number of nitrogens with one attached hydrogen (secondary N) is 1. The molecule has 1 heterocycles. The number of para-hydroxylation sites is 1. The second-order valence-corrected chi connectivity index (χ2v) is 6.23. The number of amides is 1. The molecule has 0 saturated heterocycles. The van der Waals surface area contributed by atoms with E-state index >= 15 is 0 Å². The van der Waals surface area contributed by atoms with Gasteiger partial charge in [-0.05, 0) is 38.5 Å². The van der Waals surface area contributed by atoms with Crippen LogP contribution in [0, 0.1) is 13.8 Å². The summed E-state index contributed by atoms with van der Waals surface area (Å²) in [4.78, 5) is 25.2. The lowest BCUT2D eigenvalue weighted by Gasteiger charge is -2.13. The normalized spacial score (nSPS) is 11.8. The molecule has 0 spiro atoms. The summed E-state index contributed by atoms with van der Waals surface area (Å²) in [6.07, 6.45) is 0. The van der Waals surface area contributed by atoms with E-state index in [-0.39, 0.29) is 6.04 Å². The summed E-state index contributed by atoms with van der Waals surface area (Å²) in [7, 11) is 0. The maximum atomic E-state index is 12.7. The molecule has 3 aromatic rings. The first-order valence-corrected chi connectivity index (χ1v) is 8.51. The van der Waals surface area contributed by atoms with Crippen LogP contribution in [-0.4, -0.2) is 21.5 Å². The van der Waals surface area contributed by atoms with Gasteiger partial charge in [-0.1, -0.05) is 48.5 Å². The third-order valence-electron chi connectivity index (χ3n) is 4.37. The molecule has 3 rings (SSSR count). The largest absolute Gasteiger partial charge is 0.343 e. The van der Waals surface area contributed by atoms with Crippen molar-refractivity contribution in [1.29, 1.82) is 0 Å². The molecular weight excluding hydrogens is 326 g/mol. The number of rotatable bonds is 5. The minimum absolute atomic E-state index is 0.252. The van der Waals surface area contributed by atoms with Crippen LogP contribution in [0.5, 0.6) is 0 Å². The molecule has 0 aliphatic heterocycles. The molecule has 5 nitrogen and oxygen atoms in total. The second-order valence-electron chi connectivity index (χ2n) is 6.23. The van der Waals surface area contributed by atoms with Gasteiger partial charge in [-0.3, -0.25) is 9.59 Å². The molecule has 0 bridgehead atoms. The highest BCUT2D eigenvalue weighted by molar-refractivity contribution is 6.43. The van der Waals surface area contributed by atoms with E-state index in [0.717, 1.165) is 11.3 Å². The molecule has 1 aromatic heterocycles. The van der Waals surface area contributed by atoms with Crippen LogP contribution in [0.25, 0.3) is 5.69 Å². The lowest BCUT2D eigenvalue weighted by Crippen LogP contribution is -2.33. The molecule has 1 N–H and O–H groups in total. The first kappa shape index (κ1) is 17.6. The van der Waals surface area contributed by atoms with Crippen LogP contribution in [0.3, 0.4) is 0 Å². The van der Waals surface area contributed by atoms with E-state index in [0.29, 0.717) is 17.0 Å². The van der Waals surface area contributed by atoms with Crippen molar-refractivity contribution in [2.45, 2.75) is 26.8 Å². The van der Waals surface area contributed by atoms with Crippen LogP contribution < -0.4 is 5.32 Å². The summed E-state index contributed by atoms with van der Waals surface area (Å²) in [5.41, 5.74) is 3.35. The first-order chi connectivity index (χ1) is 12.5. The third-order valence-corrected chi connectivity index (χ3v) is 4.37. The quantitative estimate of drug-likeness (QED) is 0.567. The molecule has 0 unspecified atom stereocenters. The Kier molecular flexibility index (Phi) is 4.98. The fourth-order valence-corrected chi connectivity index (χ4v) is 2.99. The smallest absolute Gasteiger partial charge is 0.293 e. The Labute approximate surface area is 152 Å². The number of benzene rings is 2. The van der Waals surface area contributed by atoms with Crippen molar-refractivity contribution in [3.8, 4) is 5.69 Å². The van der Waals surface area contributed by atoms with Crippen molar-refractivity contribution in [1.82, 2.24) is 15.1 Å². The highest BCUT2D eigenvalue weighted by Gasteiger charge is 2.26. The Morgan fingerprint density at radius 1 is 0.962 bits per heavy atom. The molecule has 0 fully saturated rings. The van der Waals surface area contributed by atoms with E-state index in [2.05, 4.69) is 10.4 Å². The van der Waals surface area contributed by atoms with E-state index in [1.54, 1.807) is 18.5 Å². The molecule has 2 aromatic carbocycles. The van der Waals surface area contributed by atoms with Crippen molar-refractivity contribution in [2.24, 2.45) is 0 Å². The zero-order chi connectivity index (χ0) is 18.7. The van der Waals surface area contributed by atoms with E-state index in [1.165, 1.54) is 0 Å². The maximum Gasteiger partial charge on any atom is 0.293 e. The predicted octanol–water partition coefficient (Wildman–Crippen LogP) is 3.55. The van der Waals surface area contributed by atoms with Crippen molar-refractivity contribution in [3.05, 3.63) is 83.2 Å². The zero-order valence-corrected chi connectivity index (χ0v) is 15.1. The monoisotopic (exact) mass is 347 g/mol. The molecule has 1 atom stereocenters. The van der Waals surface area contributed by atoms with Crippen LogP contribution in [0.4, 0.5) is 0 Å². The topological polar surface area (TPSA) is 64.0 Å². The van der Waals surface area contributed by atoms with Crippen molar-refractivity contribution >= 4 is 11.7 Å². The number of carbonyl (C=O) groups is 2. The molecule has 26 heavy (non-hydrogen) atoms. The number of Topliss-reactive ketones (excluding diaryl/α,β-unsaturated/α-hetero) is 1. The van der Waals surface area contributed by atoms with Crippen molar-refractivity contribution in [3.63, 3.8) is 0 Å². The Balaban J connectivity index is 1.84. The highest BCUT2D eigenvalue weighted by atomic mass is 16.2. The summed E-state index contributed by atoms with van der Waals surface area (Å²) in [5, 5.41) is 7.21. The van der Waals surface area contributed by atoms with Gasteiger partial charge in [-0.15, -0.1) is 0 Å². The fraction of sp³-hybridized carbons (Fsp3) is 0.190. The van der Waals surface area contributed by atoms with Gasteiger partial charge in [0.15, 0.2) is 0 Å². The average molecular weight is 347 g/mol. The summed E-state index contributed by atoms with van der Waals surface area (Å²) < 4.78 is 1.69. The number of nitrogens with zero attached hydrogens (tertiary/aromatic N) is 2. The Morgan fingerprint density at radius 2 is 1.54 bits per heavy atom. The fourth-order valence-electron chi connectivity index (χ4n) is 2.99. The highest BCUT2D eigenvalue weighted by Crippen LogP contribution is 2.19. The molecule has 0 saturated carbocycles. The van der Waals surface area contributed by atoms with Gasteiger partial charge in [0.2, 0.25) is 0 Å². The lowest BCUT2D eigenvalue weighted by atomic mass is 10.1. The van der Waals surface area contributed by atoms with Gasteiger partial charge in [0.25, 0.3) is 11.7 Å². The van der Waals surface area contributed by atoms with Crippen LogP contribution >= 0.6 is 0 Å². The summed E-state index contributed by atoms with van der Waals surface area (Å²) in [5.74, 6) is -1.19. The van der Waals surface area contributed by atoms with Crippen LogP contribution in [0.15, 0.2) is 60.7 Å². The van der Waals surface area contributed by atoms with E-state index in [1.807, 2.05) is 67.6 Å². The van der Waals surface area contributed by atoms with E-state index < -0.39 is 11.7 Å². The lowest BCUT2D eigenvalue weighted by molar-refractivity contribution is -0.117. The number of hydrogen-bond donors (Lipinski definition) is 1. The molecule has 1 amide bonds. The van der Waals surface area contributed by atoms with Gasteiger partial charge in [0, 0.05) is 0 Å². The number of aromatic nitrogens is 2. The molecule has 132 valence electrons. The SMILES string of the molecule is Cc1nn(-c2ccccc2)c(C)c1C(=O)C(=O)N[C@H](C)c1ccccc1. The van der Waals surface area contributed by atoms with Gasteiger partial charge in [0.1, 0.15) is 0 Å². The van der Waals surface area contributed by atoms with Crippen molar-refractivity contribution in [2.75, 3.05) is 0 Å². The Hall–Kier alpha value is -3.21. The summed E-state index contributed by atoms with van der Waals surface area (Å²) in [6.45, 7) is 5.40.